The van der Waals surface area contributed by atoms with E-state index in [1.165, 1.54) is 64.2 Å². The summed E-state index contributed by atoms with van der Waals surface area (Å²) >= 11 is 0. The highest BCUT2D eigenvalue weighted by Gasteiger charge is 2.39. The molecule has 0 aliphatic carbocycles. The Bertz CT molecular complexity index is 428. The Morgan fingerprint density at radius 3 is 1.87 bits per heavy atom. The van der Waals surface area contributed by atoms with Crippen LogP contribution in [0.1, 0.15) is 104 Å². The summed E-state index contributed by atoms with van der Waals surface area (Å²) in [6.45, 7) is 4.36. The first-order valence-corrected chi connectivity index (χ1v) is 12.2. The number of hydrogen-bond donors (Lipinski definition) is 3. The van der Waals surface area contributed by atoms with Crippen LogP contribution in [-0.4, -0.2) is 58.9 Å². The van der Waals surface area contributed by atoms with Gasteiger partial charge in [0, 0.05) is 6.42 Å². The molecule has 0 radical (unpaired) electrons. The van der Waals surface area contributed by atoms with E-state index >= 15 is 0 Å². The summed E-state index contributed by atoms with van der Waals surface area (Å²) in [5.41, 5.74) is 0. The molecule has 0 unspecified atom stereocenters. The third kappa shape index (κ3) is 12.9. The standard InChI is InChI=1S/C24H46O6/c1-19(2)15-13-11-9-7-5-3-4-6-8-10-12-14-16-22(27)29-18-21(26)24-23(28)20(25)17-30-24/h19-21,23-26,28H,3-18H2,1-2H3/t20-,21+,23+,24+/m0/s1. The molecule has 1 heterocycles. The van der Waals surface area contributed by atoms with Crippen molar-refractivity contribution >= 4 is 5.97 Å². The van der Waals surface area contributed by atoms with Gasteiger partial charge in [-0.3, -0.25) is 4.79 Å². The quantitative estimate of drug-likeness (QED) is 0.223. The van der Waals surface area contributed by atoms with E-state index in [-0.39, 0.29) is 19.2 Å². The molecule has 1 aliphatic rings. The van der Waals surface area contributed by atoms with Gasteiger partial charge < -0.3 is 24.8 Å². The Hall–Kier alpha value is -0.690. The zero-order valence-corrected chi connectivity index (χ0v) is 19.3. The van der Waals surface area contributed by atoms with E-state index in [9.17, 15) is 20.1 Å². The zero-order chi connectivity index (χ0) is 22.2. The van der Waals surface area contributed by atoms with E-state index in [2.05, 4.69) is 13.8 Å². The molecule has 6 heteroatoms. The highest BCUT2D eigenvalue weighted by atomic mass is 16.6. The monoisotopic (exact) mass is 430 g/mol. The minimum absolute atomic E-state index is 0.0186. The lowest BCUT2D eigenvalue weighted by Gasteiger charge is -2.20. The van der Waals surface area contributed by atoms with Crippen molar-refractivity contribution < 1.29 is 29.6 Å². The van der Waals surface area contributed by atoms with E-state index in [1.54, 1.807) is 0 Å². The minimum atomic E-state index is -1.14. The Morgan fingerprint density at radius 2 is 1.40 bits per heavy atom. The van der Waals surface area contributed by atoms with Crippen molar-refractivity contribution in [3.05, 3.63) is 0 Å². The molecule has 30 heavy (non-hydrogen) atoms. The molecule has 0 aromatic carbocycles. The number of carbonyl (C=O) groups excluding carboxylic acids is 1. The van der Waals surface area contributed by atoms with Crippen molar-refractivity contribution in [3.8, 4) is 0 Å². The number of unbranched alkanes of at least 4 members (excludes halogenated alkanes) is 11. The smallest absolute Gasteiger partial charge is 0.305 e. The predicted octanol–water partition coefficient (Wildman–Crippen LogP) is 4.13. The molecular weight excluding hydrogens is 384 g/mol. The van der Waals surface area contributed by atoms with Gasteiger partial charge in [-0.05, 0) is 12.3 Å². The van der Waals surface area contributed by atoms with Gasteiger partial charge in [0.25, 0.3) is 0 Å². The first-order chi connectivity index (χ1) is 14.4. The van der Waals surface area contributed by atoms with Gasteiger partial charge in [0.05, 0.1) is 6.61 Å². The fourth-order valence-electron chi connectivity index (χ4n) is 3.90. The molecule has 0 saturated carbocycles. The Labute approximate surface area is 183 Å². The van der Waals surface area contributed by atoms with Crippen LogP contribution >= 0.6 is 0 Å². The first kappa shape index (κ1) is 27.3. The lowest BCUT2D eigenvalue weighted by molar-refractivity contribution is -0.151. The van der Waals surface area contributed by atoms with Crippen molar-refractivity contribution in [2.24, 2.45) is 5.92 Å². The van der Waals surface area contributed by atoms with Crippen LogP contribution in [0.2, 0.25) is 0 Å². The fraction of sp³-hybridized carbons (Fsp3) is 0.958. The fourth-order valence-corrected chi connectivity index (χ4v) is 3.90. The second kappa shape index (κ2) is 16.9. The van der Waals surface area contributed by atoms with Crippen molar-refractivity contribution in [1.29, 1.82) is 0 Å². The van der Waals surface area contributed by atoms with Crippen molar-refractivity contribution in [2.45, 2.75) is 128 Å². The molecule has 6 nitrogen and oxygen atoms in total. The predicted molar refractivity (Wildman–Crippen MR) is 118 cm³/mol. The van der Waals surface area contributed by atoms with Crippen molar-refractivity contribution in [3.63, 3.8) is 0 Å². The number of aliphatic hydroxyl groups is 3. The summed E-state index contributed by atoms with van der Waals surface area (Å²) < 4.78 is 10.2. The van der Waals surface area contributed by atoms with Crippen LogP contribution < -0.4 is 0 Å². The van der Waals surface area contributed by atoms with E-state index in [1.807, 2.05) is 0 Å². The summed E-state index contributed by atoms with van der Waals surface area (Å²) in [6, 6.07) is 0. The number of carbonyl (C=O) groups is 1. The van der Waals surface area contributed by atoms with Gasteiger partial charge in [-0.1, -0.05) is 90.9 Å². The largest absolute Gasteiger partial charge is 0.463 e. The average Bonchev–Trinajstić information content (AvgIpc) is 3.04. The molecule has 0 amide bonds. The van der Waals surface area contributed by atoms with Crippen LogP contribution in [0.4, 0.5) is 0 Å². The molecule has 1 saturated heterocycles. The zero-order valence-electron chi connectivity index (χ0n) is 19.3. The molecule has 0 aromatic rings. The molecule has 178 valence electrons. The van der Waals surface area contributed by atoms with E-state index < -0.39 is 24.4 Å². The molecule has 1 fully saturated rings. The van der Waals surface area contributed by atoms with Crippen LogP contribution in [0.15, 0.2) is 0 Å². The third-order valence-electron chi connectivity index (χ3n) is 5.90. The maximum Gasteiger partial charge on any atom is 0.305 e. The maximum atomic E-state index is 11.8. The van der Waals surface area contributed by atoms with Crippen LogP contribution in [-0.2, 0) is 14.3 Å². The van der Waals surface area contributed by atoms with E-state index in [4.69, 9.17) is 9.47 Å². The lowest BCUT2D eigenvalue weighted by Crippen LogP contribution is -2.41. The molecule has 3 N–H and O–H groups in total. The van der Waals surface area contributed by atoms with Gasteiger partial charge in [0.1, 0.15) is 31.0 Å². The highest BCUT2D eigenvalue weighted by Crippen LogP contribution is 2.18. The Morgan fingerprint density at radius 1 is 0.900 bits per heavy atom. The number of hydrogen-bond acceptors (Lipinski definition) is 6. The number of aliphatic hydroxyl groups excluding tert-OH is 3. The number of esters is 1. The molecule has 4 atom stereocenters. The van der Waals surface area contributed by atoms with Gasteiger partial charge in [0.15, 0.2) is 0 Å². The van der Waals surface area contributed by atoms with Crippen LogP contribution in [0, 0.1) is 5.92 Å². The highest BCUT2D eigenvalue weighted by molar-refractivity contribution is 5.69. The van der Waals surface area contributed by atoms with Gasteiger partial charge in [-0.15, -0.1) is 0 Å². The summed E-state index contributed by atoms with van der Waals surface area (Å²) in [4.78, 5) is 11.8. The average molecular weight is 431 g/mol. The summed E-state index contributed by atoms with van der Waals surface area (Å²) in [5.74, 6) is 0.501. The summed E-state index contributed by atoms with van der Waals surface area (Å²) in [6.07, 6.45) is 12.6. The Balaban J connectivity index is 1.84. The lowest BCUT2D eigenvalue weighted by atomic mass is 10.0. The first-order valence-electron chi connectivity index (χ1n) is 12.2. The minimum Gasteiger partial charge on any atom is -0.463 e. The topological polar surface area (TPSA) is 96.2 Å². The SMILES string of the molecule is CC(C)CCCCCCCCCCCCCCC(=O)OC[C@@H](O)[C@H]1OC[C@H](O)[C@H]1O. The molecule has 1 aliphatic heterocycles. The van der Waals surface area contributed by atoms with Gasteiger partial charge in [-0.25, -0.2) is 0 Å². The van der Waals surface area contributed by atoms with Crippen LogP contribution in [0.25, 0.3) is 0 Å². The third-order valence-corrected chi connectivity index (χ3v) is 5.90. The van der Waals surface area contributed by atoms with Crippen molar-refractivity contribution in [1.82, 2.24) is 0 Å². The van der Waals surface area contributed by atoms with E-state index in [0.717, 1.165) is 25.2 Å². The molecule has 0 bridgehead atoms. The van der Waals surface area contributed by atoms with E-state index in [0.29, 0.717) is 6.42 Å². The van der Waals surface area contributed by atoms with Crippen LogP contribution in [0.5, 0.6) is 0 Å². The second-order valence-corrected chi connectivity index (χ2v) is 9.28. The molecular formula is C24H46O6. The summed E-state index contributed by atoms with van der Waals surface area (Å²) in [7, 11) is 0. The second-order valence-electron chi connectivity index (χ2n) is 9.28. The Kier molecular flexibility index (Phi) is 15.4. The van der Waals surface area contributed by atoms with Gasteiger partial charge >= 0.3 is 5.97 Å². The van der Waals surface area contributed by atoms with Crippen molar-refractivity contribution in [2.75, 3.05) is 13.2 Å². The molecule has 1 rings (SSSR count). The normalized spacial score (nSPS) is 22.5. The van der Waals surface area contributed by atoms with Gasteiger partial charge in [-0.2, -0.15) is 0 Å². The molecule has 0 spiro atoms. The summed E-state index contributed by atoms with van der Waals surface area (Å²) in [5, 5.41) is 29.0. The van der Waals surface area contributed by atoms with Gasteiger partial charge in [0.2, 0.25) is 0 Å². The number of rotatable bonds is 18. The maximum absolute atomic E-state index is 11.8. The molecule has 0 aromatic heterocycles. The number of ether oxygens (including phenoxy) is 2. The van der Waals surface area contributed by atoms with Crippen LogP contribution in [0.3, 0.4) is 0 Å².